The topological polar surface area (TPSA) is 118 Å². The van der Waals surface area contributed by atoms with Crippen LogP contribution in [0, 0.1) is 5.92 Å². The molecule has 192 valence electrons. The Morgan fingerprint density at radius 1 is 1.25 bits per heavy atom. The maximum absolute atomic E-state index is 12.4. The lowest BCUT2D eigenvalue weighted by Crippen LogP contribution is -2.43. The molecule has 10 nitrogen and oxygen atoms in total. The maximum atomic E-state index is 12.4. The standard InChI is InChI=1S/C24H29BrN6O4S/c1-14(33-2)23(32)30-6-3-15(4-7-30)5-8-31-22-20(21(26)27-13-28-22)29-24(31)36-19-12-18-17(11-16(19)25)34-9-10-35-18/h11-15H,3-10H2,1-2H3,(H2,26,27,28). The zero-order valence-corrected chi connectivity index (χ0v) is 22.7. The highest BCUT2D eigenvalue weighted by Gasteiger charge is 2.27. The van der Waals surface area contributed by atoms with E-state index >= 15 is 0 Å². The molecule has 3 aromatic rings. The molecule has 0 aliphatic carbocycles. The predicted molar refractivity (Wildman–Crippen MR) is 139 cm³/mol. The van der Waals surface area contributed by atoms with Crippen LogP contribution < -0.4 is 15.2 Å². The van der Waals surface area contributed by atoms with Gasteiger partial charge in [-0.05, 0) is 60.2 Å². The van der Waals surface area contributed by atoms with Crippen LogP contribution in [0.5, 0.6) is 11.5 Å². The molecule has 4 heterocycles. The number of anilines is 1. The normalized spacial score (nSPS) is 16.9. The molecule has 2 aliphatic heterocycles. The van der Waals surface area contributed by atoms with Gasteiger partial charge in [-0.15, -0.1) is 0 Å². The van der Waals surface area contributed by atoms with Crippen LogP contribution in [0.25, 0.3) is 11.2 Å². The average Bonchev–Trinajstić information content (AvgIpc) is 3.25. The molecule has 0 saturated carbocycles. The summed E-state index contributed by atoms with van der Waals surface area (Å²) in [5.41, 5.74) is 7.46. The third kappa shape index (κ3) is 5.12. The van der Waals surface area contributed by atoms with Crippen molar-refractivity contribution in [2.45, 2.75) is 48.9 Å². The highest BCUT2D eigenvalue weighted by Crippen LogP contribution is 2.42. The second kappa shape index (κ2) is 10.8. The number of nitrogens with two attached hydrogens (primary N) is 1. The molecule has 1 atom stereocenters. The highest BCUT2D eigenvalue weighted by molar-refractivity contribution is 9.10. The number of benzene rings is 1. The molecule has 1 unspecified atom stereocenters. The molecule has 5 rings (SSSR count). The zero-order valence-electron chi connectivity index (χ0n) is 20.3. The largest absolute Gasteiger partial charge is 0.486 e. The first kappa shape index (κ1) is 25.1. The second-order valence-electron chi connectivity index (χ2n) is 8.94. The number of halogens is 1. The van der Waals surface area contributed by atoms with Gasteiger partial charge < -0.3 is 29.4 Å². The quantitative estimate of drug-likeness (QED) is 0.448. The first-order valence-corrected chi connectivity index (χ1v) is 13.6. The van der Waals surface area contributed by atoms with Gasteiger partial charge in [-0.25, -0.2) is 15.0 Å². The van der Waals surface area contributed by atoms with Crippen LogP contribution in [-0.4, -0.2) is 69.8 Å². The third-order valence-corrected chi connectivity index (χ3v) is 8.68. The van der Waals surface area contributed by atoms with E-state index in [0.717, 1.165) is 70.6 Å². The molecule has 2 N–H and O–H groups in total. The number of imidazole rings is 1. The Labute approximate surface area is 222 Å². The molecule has 36 heavy (non-hydrogen) atoms. The van der Waals surface area contributed by atoms with E-state index in [-0.39, 0.29) is 5.91 Å². The summed E-state index contributed by atoms with van der Waals surface area (Å²) >= 11 is 5.19. The Kier molecular flexibility index (Phi) is 7.54. The Bertz CT molecular complexity index is 1260. The number of nitrogens with zero attached hydrogens (tertiary/aromatic N) is 5. The summed E-state index contributed by atoms with van der Waals surface area (Å²) in [7, 11) is 1.57. The van der Waals surface area contributed by atoms with Crippen LogP contribution in [0.3, 0.4) is 0 Å². The fourth-order valence-electron chi connectivity index (χ4n) is 4.55. The van der Waals surface area contributed by atoms with E-state index in [1.54, 1.807) is 14.0 Å². The van der Waals surface area contributed by atoms with Gasteiger partial charge in [0.25, 0.3) is 5.91 Å². The number of carbonyl (C=O) groups excluding carboxylic acids is 1. The zero-order chi connectivity index (χ0) is 25.2. The van der Waals surface area contributed by atoms with Crippen LogP contribution in [0.1, 0.15) is 26.2 Å². The van der Waals surface area contributed by atoms with E-state index in [1.807, 2.05) is 17.0 Å². The first-order valence-electron chi connectivity index (χ1n) is 12.0. The van der Waals surface area contributed by atoms with Gasteiger partial charge in [-0.3, -0.25) is 4.79 Å². The minimum atomic E-state index is -0.400. The third-order valence-electron chi connectivity index (χ3n) is 6.71. The van der Waals surface area contributed by atoms with Crippen molar-refractivity contribution < 1.29 is 19.0 Å². The van der Waals surface area contributed by atoms with Crippen LogP contribution >= 0.6 is 27.7 Å². The molecule has 1 aromatic carbocycles. The van der Waals surface area contributed by atoms with E-state index in [9.17, 15) is 4.79 Å². The molecular weight excluding hydrogens is 548 g/mol. The molecule has 1 saturated heterocycles. The van der Waals surface area contributed by atoms with Crippen molar-refractivity contribution in [3.8, 4) is 11.5 Å². The lowest BCUT2D eigenvalue weighted by Gasteiger charge is -2.33. The van der Waals surface area contributed by atoms with Gasteiger partial charge >= 0.3 is 0 Å². The SMILES string of the molecule is COC(C)C(=O)N1CCC(CCn2c(Sc3cc4c(cc3Br)OCCO4)nc3c(N)ncnc32)CC1. The number of methoxy groups -OCH3 is 1. The number of aryl methyl sites for hydroxylation is 1. The number of likely N-dealkylation sites (tertiary alicyclic amines) is 1. The predicted octanol–water partition coefficient (Wildman–Crippen LogP) is 3.76. The van der Waals surface area contributed by atoms with Crippen molar-refractivity contribution in [2.75, 3.05) is 39.1 Å². The monoisotopic (exact) mass is 576 g/mol. The summed E-state index contributed by atoms with van der Waals surface area (Å²) in [6, 6.07) is 3.90. The van der Waals surface area contributed by atoms with Gasteiger partial charge in [-0.1, -0.05) is 11.8 Å². The lowest BCUT2D eigenvalue weighted by atomic mass is 9.93. The van der Waals surface area contributed by atoms with Crippen molar-refractivity contribution in [2.24, 2.45) is 5.92 Å². The van der Waals surface area contributed by atoms with Gasteiger partial charge in [0, 0.05) is 36.1 Å². The minimum absolute atomic E-state index is 0.0624. The van der Waals surface area contributed by atoms with Gasteiger partial charge in [0.15, 0.2) is 33.6 Å². The van der Waals surface area contributed by atoms with Crippen LogP contribution in [0.15, 0.2) is 33.0 Å². The second-order valence-corrected chi connectivity index (χ2v) is 10.8. The summed E-state index contributed by atoms with van der Waals surface area (Å²) in [6.45, 7) is 5.11. The van der Waals surface area contributed by atoms with Crippen LogP contribution in [-0.2, 0) is 16.1 Å². The number of carbonyl (C=O) groups is 1. The van der Waals surface area contributed by atoms with Crippen molar-refractivity contribution >= 4 is 50.6 Å². The fourth-order valence-corrected chi connectivity index (χ4v) is 6.06. The number of hydrogen-bond acceptors (Lipinski definition) is 9. The summed E-state index contributed by atoms with van der Waals surface area (Å²) in [4.78, 5) is 28.7. The number of piperidine rings is 1. The summed E-state index contributed by atoms with van der Waals surface area (Å²) < 4.78 is 19.7. The average molecular weight is 578 g/mol. The van der Waals surface area contributed by atoms with Crippen LogP contribution in [0.2, 0.25) is 0 Å². The van der Waals surface area contributed by atoms with E-state index < -0.39 is 6.10 Å². The molecular formula is C24H29BrN6O4S. The maximum Gasteiger partial charge on any atom is 0.251 e. The molecule has 0 spiro atoms. The van der Waals surface area contributed by atoms with Gasteiger partial charge in [0.2, 0.25) is 0 Å². The molecule has 0 bridgehead atoms. The Balaban J connectivity index is 1.34. The van der Waals surface area contributed by atoms with E-state index in [4.69, 9.17) is 24.9 Å². The fraction of sp³-hybridized carbons (Fsp3) is 0.500. The van der Waals surface area contributed by atoms with Crippen molar-refractivity contribution in [1.29, 1.82) is 0 Å². The summed E-state index contributed by atoms with van der Waals surface area (Å²) in [5.74, 6) is 2.37. The number of aromatic nitrogens is 4. The van der Waals surface area contributed by atoms with Gasteiger partial charge in [-0.2, -0.15) is 0 Å². The van der Waals surface area contributed by atoms with Crippen molar-refractivity contribution in [1.82, 2.24) is 24.4 Å². The van der Waals surface area contributed by atoms with Gasteiger partial charge in [0.1, 0.15) is 25.6 Å². The van der Waals surface area contributed by atoms with Crippen molar-refractivity contribution in [3.05, 3.63) is 22.9 Å². The lowest BCUT2D eigenvalue weighted by molar-refractivity contribution is -0.142. The number of ether oxygens (including phenoxy) is 3. The van der Waals surface area contributed by atoms with E-state index in [1.165, 1.54) is 18.1 Å². The number of rotatable bonds is 7. The summed E-state index contributed by atoms with van der Waals surface area (Å²) in [6.07, 6.45) is 3.95. The number of nitrogen functional groups attached to an aromatic ring is 1. The molecule has 1 fully saturated rings. The first-order chi connectivity index (χ1) is 17.4. The van der Waals surface area contributed by atoms with Gasteiger partial charge in [0.05, 0.1) is 0 Å². The van der Waals surface area contributed by atoms with Crippen LogP contribution in [0.4, 0.5) is 5.82 Å². The molecule has 12 heteroatoms. The van der Waals surface area contributed by atoms with Crippen molar-refractivity contribution in [3.63, 3.8) is 0 Å². The minimum Gasteiger partial charge on any atom is -0.486 e. The summed E-state index contributed by atoms with van der Waals surface area (Å²) in [5, 5.41) is 0.788. The number of fused-ring (bicyclic) bond motifs is 2. The smallest absolute Gasteiger partial charge is 0.251 e. The Hall–Kier alpha value is -2.57. The molecule has 1 amide bonds. The number of hydrogen-bond donors (Lipinski definition) is 1. The van der Waals surface area contributed by atoms with E-state index in [0.29, 0.717) is 30.5 Å². The Morgan fingerprint density at radius 2 is 1.97 bits per heavy atom. The Morgan fingerprint density at radius 3 is 2.69 bits per heavy atom. The number of amides is 1. The molecule has 0 radical (unpaired) electrons. The van der Waals surface area contributed by atoms with E-state index in [2.05, 4.69) is 30.5 Å². The molecule has 2 aromatic heterocycles. The highest BCUT2D eigenvalue weighted by atomic mass is 79.9. The molecule has 2 aliphatic rings.